The van der Waals surface area contributed by atoms with Crippen LogP contribution in [0.3, 0.4) is 0 Å². The van der Waals surface area contributed by atoms with E-state index in [1.165, 1.54) is 31.4 Å². The van der Waals surface area contributed by atoms with Gasteiger partial charge in [-0.25, -0.2) is 0 Å². The van der Waals surface area contributed by atoms with Gasteiger partial charge in [0.25, 0.3) is 0 Å². The Morgan fingerprint density at radius 3 is 2.88 bits per heavy atom. The van der Waals surface area contributed by atoms with Crippen LogP contribution in [0.15, 0.2) is 28.7 Å². The predicted octanol–water partition coefficient (Wildman–Crippen LogP) is 3.82. The van der Waals surface area contributed by atoms with E-state index in [4.69, 9.17) is 4.74 Å². The highest BCUT2D eigenvalue weighted by Gasteiger charge is 2.24. The van der Waals surface area contributed by atoms with Crippen molar-refractivity contribution in [2.45, 2.75) is 37.8 Å². The maximum Gasteiger partial charge on any atom is 0.0772 e. The zero-order valence-electron chi connectivity index (χ0n) is 9.58. The SMILES string of the molecule is COC1CCCCC1Nc1cccc(Br)c1. The van der Waals surface area contributed by atoms with Gasteiger partial charge in [-0.15, -0.1) is 0 Å². The van der Waals surface area contributed by atoms with Crippen molar-refractivity contribution < 1.29 is 4.74 Å². The molecular weight excluding hydrogens is 266 g/mol. The molecule has 0 aliphatic heterocycles. The second-order valence-corrected chi connectivity index (χ2v) is 5.24. The Morgan fingerprint density at radius 1 is 1.31 bits per heavy atom. The summed E-state index contributed by atoms with van der Waals surface area (Å²) in [6, 6.07) is 8.76. The molecule has 1 aliphatic rings. The number of halogens is 1. The molecule has 0 spiro atoms. The van der Waals surface area contributed by atoms with Gasteiger partial charge in [0.15, 0.2) is 0 Å². The minimum absolute atomic E-state index is 0.354. The van der Waals surface area contributed by atoms with Crippen LogP contribution in [0.1, 0.15) is 25.7 Å². The van der Waals surface area contributed by atoms with E-state index in [1.54, 1.807) is 0 Å². The lowest BCUT2D eigenvalue weighted by Gasteiger charge is -2.31. The van der Waals surface area contributed by atoms with Crippen LogP contribution in [-0.2, 0) is 4.74 Å². The van der Waals surface area contributed by atoms with E-state index >= 15 is 0 Å². The molecule has 1 fully saturated rings. The van der Waals surface area contributed by atoms with Gasteiger partial charge in [0, 0.05) is 17.3 Å². The Bertz CT molecular complexity index is 342. The lowest BCUT2D eigenvalue weighted by atomic mass is 9.92. The summed E-state index contributed by atoms with van der Waals surface area (Å²) >= 11 is 3.49. The fraction of sp³-hybridized carbons (Fsp3) is 0.538. The molecule has 0 saturated heterocycles. The van der Waals surface area contributed by atoms with Crippen molar-refractivity contribution in [1.29, 1.82) is 0 Å². The third-order valence-electron chi connectivity index (χ3n) is 3.18. The van der Waals surface area contributed by atoms with Gasteiger partial charge in [-0.3, -0.25) is 0 Å². The second kappa shape index (κ2) is 5.69. The Labute approximate surface area is 106 Å². The number of rotatable bonds is 3. The van der Waals surface area contributed by atoms with Crippen molar-refractivity contribution in [3.05, 3.63) is 28.7 Å². The van der Waals surface area contributed by atoms with Crippen molar-refractivity contribution in [2.75, 3.05) is 12.4 Å². The lowest BCUT2D eigenvalue weighted by Crippen LogP contribution is -2.37. The van der Waals surface area contributed by atoms with Crippen molar-refractivity contribution in [2.24, 2.45) is 0 Å². The van der Waals surface area contributed by atoms with E-state index < -0.39 is 0 Å². The summed E-state index contributed by atoms with van der Waals surface area (Å²) in [6.07, 6.45) is 5.31. The minimum atomic E-state index is 0.354. The lowest BCUT2D eigenvalue weighted by molar-refractivity contribution is 0.0606. The first-order valence-corrected chi connectivity index (χ1v) is 6.64. The van der Waals surface area contributed by atoms with Gasteiger partial charge in [0.05, 0.1) is 12.1 Å². The molecule has 2 unspecified atom stereocenters. The van der Waals surface area contributed by atoms with Crippen molar-refractivity contribution >= 4 is 21.6 Å². The van der Waals surface area contributed by atoms with Crippen LogP contribution in [-0.4, -0.2) is 19.3 Å². The van der Waals surface area contributed by atoms with Crippen LogP contribution in [0.25, 0.3) is 0 Å². The average Bonchev–Trinajstić information content (AvgIpc) is 2.30. The molecule has 0 aromatic heterocycles. The molecule has 1 aromatic carbocycles. The Balaban J connectivity index is 2.02. The third-order valence-corrected chi connectivity index (χ3v) is 3.68. The average molecular weight is 284 g/mol. The monoisotopic (exact) mass is 283 g/mol. The van der Waals surface area contributed by atoms with Gasteiger partial charge in [0.1, 0.15) is 0 Å². The first kappa shape index (κ1) is 11.9. The Morgan fingerprint density at radius 2 is 2.12 bits per heavy atom. The van der Waals surface area contributed by atoms with Crippen LogP contribution in [0.5, 0.6) is 0 Å². The van der Waals surface area contributed by atoms with E-state index in [1.807, 2.05) is 13.2 Å². The molecule has 0 amide bonds. The van der Waals surface area contributed by atoms with E-state index in [0.29, 0.717) is 12.1 Å². The summed E-state index contributed by atoms with van der Waals surface area (Å²) in [4.78, 5) is 0. The number of nitrogens with one attached hydrogen (secondary N) is 1. The molecule has 0 heterocycles. The number of benzene rings is 1. The van der Waals surface area contributed by atoms with Crippen LogP contribution in [0.2, 0.25) is 0 Å². The summed E-state index contributed by atoms with van der Waals surface area (Å²) in [7, 11) is 1.81. The maximum absolute atomic E-state index is 5.53. The van der Waals surface area contributed by atoms with Crippen molar-refractivity contribution in [3.63, 3.8) is 0 Å². The first-order valence-electron chi connectivity index (χ1n) is 5.84. The molecule has 2 nitrogen and oxygen atoms in total. The number of anilines is 1. The maximum atomic E-state index is 5.53. The molecule has 1 N–H and O–H groups in total. The Hall–Kier alpha value is -0.540. The summed E-state index contributed by atoms with van der Waals surface area (Å²) in [5.41, 5.74) is 1.17. The smallest absolute Gasteiger partial charge is 0.0772 e. The molecule has 2 atom stereocenters. The van der Waals surface area contributed by atoms with Crippen LogP contribution in [0.4, 0.5) is 5.69 Å². The van der Waals surface area contributed by atoms with Gasteiger partial charge in [-0.1, -0.05) is 34.8 Å². The van der Waals surface area contributed by atoms with Gasteiger partial charge in [-0.2, -0.15) is 0 Å². The molecule has 16 heavy (non-hydrogen) atoms. The van der Waals surface area contributed by atoms with Gasteiger partial charge >= 0.3 is 0 Å². The van der Waals surface area contributed by atoms with Gasteiger partial charge < -0.3 is 10.1 Å². The fourth-order valence-corrected chi connectivity index (χ4v) is 2.74. The number of ether oxygens (including phenoxy) is 1. The van der Waals surface area contributed by atoms with Crippen molar-refractivity contribution in [1.82, 2.24) is 0 Å². The zero-order chi connectivity index (χ0) is 11.4. The summed E-state index contributed by atoms with van der Waals surface area (Å²) in [5, 5.41) is 3.57. The Kier molecular flexibility index (Phi) is 4.24. The number of hydrogen-bond acceptors (Lipinski definition) is 2. The van der Waals surface area contributed by atoms with E-state index in [0.717, 1.165) is 4.47 Å². The minimum Gasteiger partial charge on any atom is -0.380 e. The highest BCUT2D eigenvalue weighted by molar-refractivity contribution is 9.10. The standard InChI is InChI=1S/C13H18BrNO/c1-16-13-8-3-2-7-12(13)15-11-6-4-5-10(14)9-11/h4-6,9,12-13,15H,2-3,7-8H2,1H3. The topological polar surface area (TPSA) is 21.3 Å². The van der Waals surface area contributed by atoms with Crippen LogP contribution >= 0.6 is 15.9 Å². The van der Waals surface area contributed by atoms with E-state index in [9.17, 15) is 0 Å². The van der Waals surface area contributed by atoms with Gasteiger partial charge in [0.2, 0.25) is 0 Å². The number of methoxy groups -OCH3 is 1. The normalized spacial score (nSPS) is 25.4. The van der Waals surface area contributed by atoms with Crippen LogP contribution in [0, 0.1) is 0 Å². The molecule has 1 aliphatic carbocycles. The largest absolute Gasteiger partial charge is 0.380 e. The fourth-order valence-electron chi connectivity index (χ4n) is 2.34. The molecule has 0 radical (unpaired) electrons. The molecule has 1 saturated carbocycles. The van der Waals surface area contributed by atoms with Crippen molar-refractivity contribution in [3.8, 4) is 0 Å². The quantitative estimate of drug-likeness (QED) is 0.911. The second-order valence-electron chi connectivity index (χ2n) is 4.32. The van der Waals surface area contributed by atoms with Crippen LogP contribution < -0.4 is 5.32 Å². The molecule has 3 heteroatoms. The summed E-state index contributed by atoms with van der Waals surface area (Å²) < 4.78 is 6.65. The highest BCUT2D eigenvalue weighted by atomic mass is 79.9. The molecule has 2 rings (SSSR count). The molecule has 1 aromatic rings. The van der Waals surface area contributed by atoms with E-state index in [2.05, 4.69) is 39.4 Å². The highest BCUT2D eigenvalue weighted by Crippen LogP contribution is 2.25. The number of hydrogen-bond donors (Lipinski definition) is 1. The molecule has 0 bridgehead atoms. The summed E-state index contributed by atoms with van der Waals surface area (Å²) in [6.45, 7) is 0. The third kappa shape index (κ3) is 2.98. The molecular formula is C13H18BrNO. The summed E-state index contributed by atoms with van der Waals surface area (Å²) in [5.74, 6) is 0. The first-order chi connectivity index (χ1) is 7.79. The molecule has 88 valence electrons. The van der Waals surface area contributed by atoms with Gasteiger partial charge in [-0.05, 0) is 31.0 Å². The predicted molar refractivity (Wildman–Crippen MR) is 70.8 cm³/mol. The van der Waals surface area contributed by atoms with E-state index in [-0.39, 0.29) is 0 Å². The zero-order valence-corrected chi connectivity index (χ0v) is 11.2.